The summed E-state index contributed by atoms with van der Waals surface area (Å²) in [6.07, 6.45) is 1.79. The number of carboxylic acids is 1. The number of nitrogens with zero attached hydrogens (tertiary/aromatic N) is 1. The maximum Gasteiger partial charge on any atom is 0.304 e. The molecule has 2 aromatic carbocycles. The first-order valence-corrected chi connectivity index (χ1v) is 11.4. The minimum Gasteiger partial charge on any atom is -0.481 e. The van der Waals surface area contributed by atoms with Crippen LogP contribution < -0.4 is 0 Å². The highest BCUT2D eigenvalue weighted by molar-refractivity contribution is 7.99. The summed E-state index contributed by atoms with van der Waals surface area (Å²) in [5.74, 6) is -1.14. The quantitative estimate of drug-likeness (QED) is 0.460. The summed E-state index contributed by atoms with van der Waals surface area (Å²) >= 11 is 7.69. The van der Waals surface area contributed by atoms with Crippen molar-refractivity contribution in [1.29, 1.82) is 0 Å². The van der Waals surface area contributed by atoms with Crippen molar-refractivity contribution in [1.82, 2.24) is 4.57 Å². The Balaban J connectivity index is 2.02. The average Bonchev–Trinajstić information content (AvgIpc) is 2.96. The number of hydrogen-bond donors (Lipinski definition) is 1. The van der Waals surface area contributed by atoms with E-state index in [2.05, 4.69) is 25.3 Å². The summed E-state index contributed by atoms with van der Waals surface area (Å²) in [5.41, 5.74) is 2.58. The maximum absolute atomic E-state index is 14.7. The molecule has 4 rings (SSSR count). The van der Waals surface area contributed by atoms with E-state index >= 15 is 0 Å². The van der Waals surface area contributed by atoms with Gasteiger partial charge in [-0.3, -0.25) is 4.79 Å². The predicted octanol–water partition coefficient (Wildman–Crippen LogP) is 7.23. The van der Waals surface area contributed by atoms with Gasteiger partial charge in [0.15, 0.2) is 0 Å². The number of carbonyl (C=O) groups is 1. The Kier molecular flexibility index (Phi) is 5.62. The van der Waals surface area contributed by atoms with Gasteiger partial charge in [-0.1, -0.05) is 44.1 Å². The SMILES string of the molecule is CC(C)(C)c1cc(F)cc2c1c(Sc1ccc(Cl)cc1)c1n2CCC[C@@H]1CC(=O)O. The van der Waals surface area contributed by atoms with Gasteiger partial charge in [-0.25, -0.2) is 4.39 Å². The van der Waals surface area contributed by atoms with Gasteiger partial charge in [-0.2, -0.15) is 0 Å². The van der Waals surface area contributed by atoms with E-state index in [1.807, 2.05) is 24.3 Å². The van der Waals surface area contributed by atoms with Crippen molar-refractivity contribution in [2.45, 2.75) is 67.7 Å². The lowest BCUT2D eigenvalue weighted by atomic mass is 9.84. The fourth-order valence-corrected chi connectivity index (χ4v) is 5.76. The fraction of sp³-hybridized carbons (Fsp3) is 0.375. The van der Waals surface area contributed by atoms with Crippen LogP contribution in [0.3, 0.4) is 0 Å². The molecule has 0 aliphatic carbocycles. The first-order chi connectivity index (χ1) is 14.1. The topological polar surface area (TPSA) is 42.2 Å². The average molecular weight is 446 g/mol. The fourth-order valence-electron chi connectivity index (χ4n) is 4.43. The Hall–Kier alpha value is -1.98. The van der Waals surface area contributed by atoms with Crippen LogP contribution in [0, 0.1) is 5.82 Å². The monoisotopic (exact) mass is 445 g/mol. The minimum absolute atomic E-state index is 0.0812. The van der Waals surface area contributed by atoms with Gasteiger partial charge < -0.3 is 9.67 Å². The highest BCUT2D eigenvalue weighted by atomic mass is 35.5. The minimum atomic E-state index is -0.802. The van der Waals surface area contributed by atoms with Crippen molar-refractivity contribution in [3.63, 3.8) is 0 Å². The summed E-state index contributed by atoms with van der Waals surface area (Å²) in [4.78, 5) is 13.7. The van der Waals surface area contributed by atoms with E-state index in [1.165, 1.54) is 0 Å². The maximum atomic E-state index is 14.7. The lowest BCUT2D eigenvalue weighted by Crippen LogP contribution is -2.18. The zero-order valence-corrected chi connectivity index (χ0v) is 18.9. The second-order valence-electron chi connectivity index (χ2n) is 8.96. The number of benzene rings is 2. The van der Waals surface area contributed by atoms with Crippen LogP contribution in [0.1, 0.15) is 57.2 Å². The third-order valence-electron chi connectivity index (χ3n) is 5.71. The van der Waals surface area contributed by atoms with Crippen LogP contribution in [0.5, 0.6) is 0 Å². The normalized spacial score (nSPS) is 16.6. The lowest BCUT2D eigenvalue weighted by molar-refractivity contribution is -0.137. The van der Waals surface area contributed by atoms with Crippen LogP contribution in [0.25, 0.3) is 10.9 Å². The highest BCUT2D eigenvalue weighted by Gasteiger charge is 2.32. The summed E-state index contributed by atoms with van der Waals surface area (Å²) in [7, 11) is 0. The molecule has 3 aromatic rings. The zero-order chi connectivity index (χ0) is 21.6. The van der Waals surface area contributed by atoms with Gasteiger partial charge in [0.1, 0.15) is 5.82 Å². The number of hydrogen-bond acceptors (Lipinski definition) is 2. The summed E-state index contributed by atoms with van der Waals surface area (Å²) in [5, 5.41) is 11.2. The molecule has 0 saturated carbocycles. The van der Waals surface area contributed by atoms with E-state index in [0.29, 0.717) is 5.02 Å². The molecule has 0 saturated heterocycles. The molecule has 1 N–H and O–H groups in total. The van der Waals surface area contributed by atoms with Crippen molar-refractivity contribution in [3.8, 4) is 0 Å². The van der Waals surface area contributed by atoms with Crippen LogP contribution in [0.4, 0.5) is 4.39 Å². The van der Waals surface area contributed by atoms with Crippen LogP contribution >= 0.6 is 23.4 Å². The Bertz CT molecular complexity index is 1120. The molecule has 0 spiro atoms. The van der Waals surface area contributed by atoms with Crippen molar-refractivity contribution < 1.29 is 14.3 Å². The molecule has 1 atom stereocenters. The third kappa shape index (κ3) is 3.97. The van der Waals surface area contributed by atoms with Gasteiger partial charge >= 0.3 is 5.97 Å². The molecule has 1 aliphatic rings. The molecule has 0 radical (unpaired) electrons. The molecule has 0 unspecified atom stereocenters. The first-order valence-electron chi connectivity index (χ1n) is 10.2. The number of rotatable bonds is 4. The van der Waals surface area contributed by atoms with E-state index in [1.54, 1.807) is 23.9 Å². The van der Waals surface area contributed by atoms with E-state index in [-0.39, 0.29) is 23.6 Å². The van der Waals surface area contributed by atoms with Gasteiger partial charge in [0, 0.05) is 38.4 Å². The standard InChI is InChI=1S/C24H25ClFNO2S/c1-24(2,3)18-12-16(26)13-19-21(18)23(30-17-8-6-15(25)7-9-17)22-14(11-20(28)29)5-4-10-27(19)22/h6-9,12-14H,4-5,10-11H2,1-3H3,(H,28,29)/t14-/m1/s1. The van der Waals surface area contributed by atoms with E-state index < -0.39 is 5.97 Å². The Morgan fingerprint density at radius 1 is 1.27 bits per heavy atom. The van der Waals surface area contributed by atoms with Crippen LogP contribution in [0.15, 0.2) is 46.2 Å². The molecule has 2 heterocycles. The number of fused-ring (bicyclic) bond motifs is 3. The predicted molar refractivity (Wildman–Crippen MR) is 120 cm³/mol. The van der Waals surface area contributed by atoms with Crippen molar-refractivity contribution in [3.05, 3.63) is 58.5 Å². The molecule has 3 nitrogen and oxygen atoms in total. The van der Waals surface area contributed by atoms with E-state index in [0.717, 1.165) is 51.3 Å². The molecule has 6 heteroatoms. The first kappa shape index (κ1) is 21.3. The summed E-state index contributed by atoms with van der Waals surface area (Å²) in [6, 6.07) is 10.9. The molecule has 1 aliphatic heterocycles. The number of aryl methyl sites for hydroxylation is 1. The third-order valence-corrected chi connectivity index (χ3v) is 7.08. The Labute approximate surface area is 185 Å². The Morgan fingerprint density at radius 2 is 1.97 bits per heavy atom. The second kappa shape index (κ2) is 7.93. The molecule has 30 heavy (non-hydrogen) atoms. The van der Waals surface area contributed by atoms with Gasteiger partial charge in [0.05, 0.1) is 11.9 Å². The summed E-state index contributed by atoms with van der Waals surface area (Å²) in [6.45, 7) is 7.03. The van der Waals surface area contributed by atoms with E-state index in [9.17, 15) is 14.3 Å². The number of aliphatic carboxylic acids is 1. The second-order valence-corrected chi connectivity index (χ2v) is 10.5. The molecular formula is C24H25ClFNO2S. The number of carboxylic acid groups (broad SMARTS) is 1. The number of halogens is 2. The van der Waals surface area contributed by atoms with Gasteiger partial charge in [-0.15, -0.1) is 0 Å². The van der Waals surface area contributed by atoms with Gasteiger partial charge in [0.25, 0.3) is 0 Å². The molecule has 1 aromatic heterocycles. The van der Waals surface area contributed by atoms with Crippen molar-refractivity contribution in [2.75, 3.05) is 0 Å². The van der Waals surface area contributed by atoms with Gasteiger partial charge in [0.2, 0.25) is 0 Å². The van der Waals surface area contributed by atoms with Crippen LogP contribution in [0.2, 0.25) is 5.02 Å². The highest BCUT2D eigenvalue weighted by Crippen LogP contribution is 2.48. The van der Waals surface area contributed by atoms with Crippen LogP contribution in [-0.2, 0) is 16.8 Å². The zero-order valence-electron chi connectivity index (χ0n) is 17.3. The summed E-state index contributed by atoms with van der Waals surface area (Å²) < 4.78 is 16.8. The molecule has 0 fully saturated rings. The molecule has 0 bridgehead atoms. The molecule has 0 amide bonds. The van der Waals surface area contributed by atoms with Crippen LogP contribution in [-0.4, -0.2) is 15.6 Å². The van der Waals surface area contributed by atoms with Crippen molar-refractivity contribution >= 4 is 40.2 Å². The largest absolute Gasteiger partial charge is 0.481 e. The van der Waals surface area contributed by atoms with Crippen molar-refractivity contribution in [2.24, 2.45) is 0 Å². The number of aromatic nitrogens is 1. The van der Waals surface area contributed by atoms with Gasteiger partial charge in [-0.05, 0) is 60.2 Å². The smallest absolute Gasteiger partial charge is 0.304 e. The van der Waals surface area contributed by atoms with E-state index in [4.69, 9.17) is 11.6 Å². The Morgan fingerprint density at radius 3 is 2.60 bits per heavy atom. The lowest BCUT2D eigenvalue weighted by Gasteiger charge is -2.25. The molecular weight excluding hydrogens is 421 g/mol. The molecule has 158 valence electrons.